The van der Waals surface area contributed by atoms with Crippen molar-refractivity contribution in [1.29, 1.82) is 0 Å². The van der Waals surface area contributed by atoms with Gasteiger partial charge in [-0.05, 0) is 24.3 Å². The number of halogens is 4. The van der Waals surface area contributed by atoms with E-state index < -0.39 is 34.8 Å². The van der Waals surface area contributed by atoms with Gasteiger partial charge >= 0.3 is 72.3 Å². The normalized spacial score (nSPS) is 11.9. The van der Waals surface area contributed by atoms with Gasteiger partial charge in [0, 0.05) is 36.7 Å². The quantitative estimate of drug-likeness (QED) is 0.112. The summed E-state index contributed by atoms with van der Waals surface area (Å²) in [7, 11) is 2.81. The first-order valence-electron chi connectivity index (χ1n) is 14.8. The number of aromatic amines is 2. The van der Waals surface area contributed by atoms with Gasteiger partial charge in [-0.25, -0.2) is 9.97 Å². The Labute approximate surface area is 357 Å². The van der Waals surface area contributed by atoms with Crippen molar-refractivity contribution in [2.75, 3.05) is 28.4 Å². The van der Waals surface area contributed by atoms with Crippen molar-refractivity contribution in [3.8, 4) is 34.5 Å². The molecule has 54 heavy (non-hydrogen) atoms. The SMILES string of the molecule is COc1ccnc(CS(=O)c2nc3ccc(OC(F)F)cc3[nH]2)c1OC.COc1ccnc(CS(=O)c2nc3ccc(OC(F)F)cc3[nH]2)c1OC.[H-].[H-].[Na+].[Na+]. The number of pyridine rings is 2. The second-order valence-corrected chi connectivity index (χ2v) is 12.9. The Morgan fingerprint density at radius 3 is 1.35 bits per heavy atom. The summed E-state index contributed by atoms with van der Waals surface area (Å²) < 4.78 is 104. The standard InChI is InChI=1S/2C16H15F2N3O4S.2Na.2H/c2*1-23-13-5-6-19-12(14(13)24-2)8-26(22)16-20-10-4-3-9(25-15(17)18)7-11(10)21-16;;;;/h2*3-7,15H,8H2,1-2H3,(H,20,21);;;;/q;;2*+1;2*-1. The summed E-state index contributed by atoms with van der Waals surface area (Å²) in [5.74, 6) is 1.82. The number of rotatable bonds is 14. The number of benzene rings is 2. The fourth-order valence-corrected chi connectivity index (χ4v) is 6.82. The molecule has 2 unspecified atom stereocenters. The van der Waals surface area contributed by atoms with E-state index in [-0.39, 0.29) is 95.3 Å². The van der Waals surface area contributed by atoms with Crippen molar-refractivity contribution < 1.29 is 116 Å². The molecule has 0 fully saturated rings. The molecular weight excluding hydrogens is 782 g/mol. The molecule has 4 heterocycles. The number of methoxy groups -OCH3 is 4. The molecule has 4 aromatic heterocycles. The van der Waals surface area contributed by atoms with Gasteiger partial charge in [0.1, 0.15) is 11.5 Å². The maximum atomic E-state index is 12.6. The first-order chi connectivity index (χ1) is 25.0. The van der Waals surface area contributed by atoms with Gasteiger partial charge in [0.2, 0.25) is 0 Å². The molecule has 0 saturated heterocycles. The Morgan fingerprint density at radius 1 is 0.630 bits per heavy atom. The van der Waals surface area contributed by atoms with Crippen molar-refractivity contribution >= 4 is 43.7 Å². The molecule has 2 N–H and O–H groups in total. The van der Waals surface area contributed by atoms with E-state index in [4.69, 9.17) is 18.9 Å². The molecule has 0 aliphatic carbocycles. The van der Waals surface area contributed by atoms with Gasteiger partial charge in [0.25, 0.3) is 0 Å². The number of hydrogen-bond acceptors (Lipinski definition) is 12. The van der Waals surface area contributed by atoms with E-state index in [9.17, 15) is 26.0 Å². The van der Waals surface area contributed by atoms with E-state index in [1.54, 1.807) is 12.1 Å². The summed E-state index contributed by atoms with van der Waals surface area (Å²) in [6.45, 7) is -5.84. The third kappa shape index (κ3) is 11.3. The van der Waals surface area contributed by atoms with E-state index in [1.165, 1.54) is 77.2 Å². The number of nitrogens with zero attached hydrogens (tertiary/aromatic N) is 4. The number of aromatic nitrogens is 6. The third-order valence-corrected chi connectivity index (χ3v) is 9.33. The zero-order valence-corrected chi connectivity index (χ0v) is 35.4. The average molecular weight is 815 g/mol. The van der Waals surface area contributed by atoms with Crippen LogP contribution in [0.1, 0.15) is 14.2 Å². The Kier molecular flexibility index (Phi) is 17.4. The first-order valence-corrected chi connectivity index (χ1v) is 17.4. The summed E-state index contributed by atoms with van der Waals surface area (Å²) in [6, 6.07) is 11.8. The van der Waals surface area contributed by atoms with E-state index in [0.29, 0.717) is 56.5 Å². The second kappa shape index (κ2) is 21.0. The largest absolute Gasteiger partial charge is 1.00 e. The van der Waals surface area contributed by atoms with Crippen LogP contribution in [-0.2, 0) is 33.1 Å². The van der Waals surface area contributed by atoms with Gasteiger partial charge in [-0.15, -0.1) is 0 Å². The van der Waals surface area contributed by atoms with Crippen LogP contribution < -0.4 is 87.5 Å². The van der Waals surface area contributed by atoms with Crippen molar-refractivity contribution in [3.63, 3.8) is 0 Å². The minimum Gasteiger partial charge on any atom is -1.00 e. The Balaban J connectivity index is 0.000000523. The van der Waals surface area contributed by atoms with Crippen LogP contribution in [0.25, 0.3) is 22.1 Å². The summed E-state index contributed by atoms with van der Waals surface area (Å²) in [5.41, 5.74) is 2.76. The molecule has 22 heteroatoms. The number of fused-ring (bicyclic) bond motifs is 2. The number of hydrogen-bond donors (Lipinski definition) is 2. The van der Waals surface area contributed by atoms with Gasteiger partial charge in [-0.1, -0.05) is 0 Å². The molecule has 280 valence electrons. The minimum atomic E-state index is -2.92. The molecule has 0 radical (unpaired) electrons. The Bertz CT molecular complexity index is 2080. The van der Waals surface area contributed by atoms with Crippen LogP contribution in [-0.4, -0.2) is 80.0 Å². The fraction of sp³-hybridized carbons (Fsp3) is 0.250. The van der Waals surface area contributed by atoms with Crippen molar-refractivity contribution in [3.05, 3.63) is 72.3 Å². The second-order valence-electron chi connectivity index (χ2n) is 10.2. The van der Waals surface area contributed by atoms with Crippen LogP contribution in [0.15, 0.2) is 71.2 Å². The predicted molar refractivity (Wildman–Crippen MR) is 183 cm³/mol. The minimum absolute atomic E-state index is 0. The number of imidazole rings is 2. The van der Waals surface area contributed by atoms with Gasteiger partial charge in [0.15, 0.2) is 33.3 Å². The molecule has 0 bridgehead atoms. The number of alkyl halides is 4. The third-order valence-electron chi connectivity index (χ3n) is 7.01. The zero-order chi connectivity index (χ0) is 37.4. The topological polar surface area (TPSA) is 173 Å². The monoisotopic (exact) mass is 814 g/mol. The Hall–Kier alpha value is -3.50. The molecule has 2 aromatic carbocycles. The van der Waals surface area contributed by atoms with E-state index >= 15 is 0 Å². The Morgan fingerprint density at radius 2 is 1.02 bits per heavy atom. The number of H-pyrrole nitrogens is 2. The molecule has 6 aromatic rings. The molecule has 2 atom stereocenters. The molecule has 0 saturated carbocycles. The summed E-state index contributed by atoms with van der Waals surface area (Å²) in [5, 5.41) is 0.390. The maximum absolute atomic E-state index is 12.6. The van der Waals surface area contributed by atoms with Crippen LogP contribution in [0.4, 0.5) is 17.6 Å². The summed E-state index contributed by atoms with van der Waals surface area (Å²) in [4.78, 5) is 22.5. The van der Waals surface area contributed by atoms with Crippen LogP contribution in [0.5, 0.6) is 34.5 Å². The van der Waals surface area contributed by atoms with Crippen molar-refractivity contribution in [2.45, 2.75) is 35.0 Å². The fourth-order valence-electron chi connectivity index (χ4n) is 4.79. The summed E-state index contributed by atoms with van der Waals surface area (Å²) in [6.07, 6.45) is 3.06. The molecular formula is C32H32F4N6Na2O8S2. The van der Waals surface area contributed by atoms with Gasteiger partial charge in [-0.2, -0.15) is 17.6 Å². The van der Waals surface area contributed by atoms with Crippen molar-refractivity contribution in [2.24, 2.45) is 0 Å². The molecule has 0 aliphatic rings. The molecule has 0 amide bonds. The van der Waals surface area contributed by atoms with E-state index in [2.05, 4.69) is 39.4 Å². The zero-order valence-electron chi connectivity index (χ0n) is 31.7. The van der Waals surface area contributed by atoms with E-state index in [0.717, 1.165) is 0 Å². The van der Waals surface area contributed by atoms with Gasteiger partial charge in [-0.3, -0.25) is 18.4 Å². The van der Waals surface area contributed by atoms with Crippen LogP contribution in [0.2, 0.25) is 0 Å². The van der Waals surface area contributed by atoms with Gasteiger partial charge in [0.05, 0.1) is 95.0 Å². The first kappa shape index (κ1) is 44.9. The predicted octanol–water partition coefficient (Wildman–Crippen LogP) is 0.00160. The average Bonchev–Trinajstić information content (AvgIpc) is 3.75. The summed E-state index contributed by atoms with van der Waals surface area (Å²) >= 11 is 0. The number of ether oxygens (including phenoxy) is 6. The number of nitrogens with one attached hydrogen (secondary N) is 2. The van der Waals surface area contributed by atoms with Gasteiger partial charge < -0.3 is 41.2 Å². The van der Waals surface area contributed by atoms with Crippen LogP contribution >= 0.6 is 0 Å². The molecule has 0 spiro atoms. The smallest absolute Gasteiger partial charge is 1.00 e. The molecule has 14 nitrogen and oxygen atoms in total. The maximum Gasteiger partial charge on any atom is 1.00 e. The molecule has 6 rings (SSSR count). The van der Waals surface area contributed by atoms with Crippen LogP contribution in [0.3, 0.4) is 0 Å². The van der Waals surface area contributed by atoms with Crippen molar-refractivity contribution in [1.82, 2.24) is 29.9 Å². The van der Waals surface area contributed by atoms with Crippen LogP contribution in [0, 0.1) is 0 Å². The van der Waals surface area contributed by atoms with E-state index in [1.807, 2.05) is 0 Å². The molecule has 0 aliphatic heterocycles.